The van der Waals surface area contributed by atoms with Crippen molar-refractivity contribution in [2.75, 3.05) is 4.90 Å². The van der Waals surface area contributed by atoms with E-state index in [0.29, 0.717) is 0 Å². The lowest BCUT2D eigenvalue weighted by molar-refractivity contribution is 0.595. The number of anilines is 2. The Kier molecular flexibility index (Phi) is 5.00. The molecule has 0 N–H and O–H groups in total. The highest BCUT2D eigenvalue weighted by Gasteiger charge is 2.47. The summed E-state index contributed by atoms with van der Waals surface area (Å²) in [6.07, 6.45) is 25.1. The van der Waals surface area contributed by atoms with Gasteiger partial charge in [0.2, 0.25) is 0 Å². The van der Waals surface area contributed by atoms with Crippen LogP contribution in [0.15, 0.2) is 128 Å². The number of fused-ring (bicyclic) bond motifs is 9. The largest absolute Gasteiger partial charge is 0.333 e. The van der Waals surface area contributed by atoms with Crippen LogP contribution in [0.4, 0.5) is 11.4 Å². The van der Waals surface area contributed by atoms with Gasteiger partial charge in [-0.05, 0) is 61.5 Å². The second-order valence-electron chi connectivity index (χ2n) is 12.1. The monoisotopic (exact) mass is 595 g/mol. The van der Waals surface area contributed by atoms with Crippen molar-refractivity contribution < 1.29 is 0 Å². The fourth-order valence-corrected chi connectivity index (χ4v) is 7.60. The Morgan fingerprint density at radius 1 is 0.565 bits per heavy atom. The van der Waals surface area contributed by atoms with E-state index < -0.39 is 0 Å². The highest BCUT2D eigenvalue weighted by Crippen LogP contribution is 2.50. The normalized spacial score (nSPS) is 18.6. The third kappa shape index (κ3) is 3.28. The summed E-state index contributed by atoms with van der Waals surface area (Å²) in [5.41, 5.74) is 9.33. The number of benzene rings is 1. The van der Waals surface area contributed by atoms with Crippen molar-refractivity contribution in [3.05, 3.63) is 128 Å². The van der Waals surface area contributed by atoms with Gasteiger partial charge in [-0.15, -0.1) is 0 Å². The quantitative estimate of drug-likeness (QED) is 0.214. The Hall–Kier alpha value is -6.22. The van der Waals surface area contributed by atoms with E-state index in [2.05, 4.69) is 112 Å². The maximum Gasteiger partial charge on any atom is 0.0685 e. The molecular formula is C37H25N9. The van der Waals surface area contributed by atoms with Crippen LogP contribution in [-0.2, 0) is 5.41 Å². The van der Waals surface area contributed by atoms with Crippen LogP contribution < -0.4 is 4.90 Å². The van der Waals surface area contributed by atoms with Crippen LogP contribution in [0.3, 0.4) is 0 Å². The topological polar surface area (TPSA) is 89.9 Å². The first-order valence-electron chi connectivity index (χ1n) is 15.2. The minimum Gasteiger partial charge on any atom is -0.333 e. The molecule has 9 nitrogen and oxygen atoms in total. The third-order valence-corrected chi connectivity index (χ3v) is 9.65. The minimum absolute atomic E-state index is 0.0189. The lowest BCUT2D eigenvalue weighted by atomic mass is 9.79. The second-order valence-corrected chi connectivity index (χ2v) is 12.1. The minimum atomic E-state index is -0.330. The first-order chi connectivity index (χ1) is 22.7. The summed E-state index contributed by atoms with van der Waals surface area (Å²) in [7, 11) is 0. The molecule has 0 aliphatic carbocycles. The van der Waals surface area contributed by atoms with E-state index in [-0.39, 0.29) is 11.5 Å². The summed E-state index contributed by atoms with van der Waals surface area (Å²) in [6, 6.07) is 17.3. The Morgan fingerprint density at radius 3 is 1.54 bits per heavy atom. The Morgan fingerprint density at radius 2 is 1.02 bits per heavy atom. The van der Waals surface area contributed by atoms with Crippen molar-refractivity contribution in [1.82, 2.24) is 34.1 Å². The van der Waals surface area contributed by atoms with E-state index >= 15 is 0 Å². The highest BCUT2D eigenvalue weighted by atomic mass is 15.2. The molecule has 0 saturated carbocycles. The van der Waals surface area contributed by atoms with Gasteiger partial charge >= 0.3 is 0 Å². The van der Waals surface area contributed by atoms with Gasteiger partial charge in [-0.25, -0.2) is 0 Å². The summed E-state index contributed by atoms with van der Waals surface area (Å²) in [5, 5.41) is 4.23. The van der Waals surface area contributed by atoms with Gasteiger partial charge in [0.15, 0.2) is 0 Å². The van der Waals surface area contributed by atoms with Crippen molar-refractivity contribution in [2.24, 2.45) is 4.99 Å². The number of hydrogen-bond acceptors (Lipinski definition) is 7. The maximum absolute atomic E-state index is 4.58. The Balaban J connectivity index is 1.33. The van der Waals surface area contributed by atoms with Gasteiger partial charge in [0.25, 0.3) is 0 Å². The molecule has 0 bridgehead atoms. The molecule has 0 radical (unpaired) electrons. The Labute approximate surface area is 262 Å². The second kappa shape index (κ2) is 9.15. The number of nitrogens with zero attached hydrogens (tertiary/aromatic N) is 9. The van der Waals surface area contributed by atoms with Gasteiger partial charge in [-0.2, -0.15) is 0 Å². The van der Waals surface area contributed by atoms with Crippen LogP contribution in [-0.4, -0.2) is 46.3 Å². The zero-order valence-electron chi connectivity index (χ0n) is 24.7. The molecule has 1 aromatic carbocycles. The van der Waals surface area contributed by atoms with Crippen LogP contribution in [0.1, 0.15) is 12.5 Å². The van der Waals surface area contributed by atoms with Crippen molar-refractivity contribution in [1.29, 1.82) is 0 Å². The molecule has 46 heavy (non-hydrogen) atoms. The van der Waals surface area contributed by atoms with Gasteiger partial charge in [0.1, 0.15) is 0 Å². The smallest absolute Gasteiger partial charge is 0.0685 e. The van der Waals surface area contributed by atoms with Crippen molar-refractivity contribution in [3.8, 4) is 11.4 Å². The van der Waals surface area contributed by atoms with Crippen molar-refractivity contribution >= 4 is 61.2 Å². The predicted octanol–water partition coefficient (Wildman–Crippen LogP) is 7.23. The van der Waals surface area contributed by atoms with E-state index in [9.17, 15) is 0 Å². The van der Waals surface area contributed by atoms with E-state index in [1.165, 1.54) is 0 Å². The molecule has 218 valence electrons. The average molecular weight is 596 g/mol. The number of rotatable bonds is 3. The zero-order chi connectivity index (χ0) is 30.4. The molecule has 0 spiro atoms. The molecule has 0 amide bonds. The molecule has 0 saturated heterocycles. The molecule has 2 atom stereocenters. The number of pyridine rings is 5. The van der Waals surface area contributed by atoms with E-state index in [1.54, 1.807) is 0 Å². The molecule has 2 aliphatic heterocycles. The lowest BCUT2D eigenvalue weighted by Crippen LogP contribution is -2.42. The van der Waals surface area contributed by atoms with Crippen LogP contribution in [0, 0.1) is 0 Å². The summed E-state index contributed by atoms with van der Waals surface area (Å²) in [5.74, 6) is 0. The zero-order valence-corrected chi connectivity index (χ0v) is 24.7. The fraction of sp³-hybridized carbons (Fsp3) is 0.0811. The van der Waals surface area contributed by atoms with Gasteiger partial charge in [0.05, 0.1) is 44.9 Å². The molecule has 9 heteroatoms. The van der Waals surface area contributed by atoms with Gasteiger partial charge < -0.3 is 14.0 Å². The predicted molar refractivity (Wildman–Crippen MR) is 181 cm³/mol. The molecule has 8 aromatic rings. The first-order valence-corrected chi connectivity index (χ1v) is 15.2. The van der Waals surface area contributed by atoms with E-state index in [4.69, 9.17) is 0 Å². The molecule has 2 aliphatic rings. The molecule has 9 heterocycles. The van der Waals surface area contributed by atoms with Crippen LogP contribution in [0.5, 0.6) is 0 Å². The van der Waals surface area contributed by atoms with Crippen LogP contribution in [0.25, 0.3) is 55.0 Å². The standard InChI is InChI=1S/C37H25N9/c1-37-22-43-13-7-36(37)46(35-6-12-42-21-30(35)37)25-15-23(44-31-2-8-38-17-26(31)27-18-39-9-3-32(27)44)14-24(16-25)45-33-4-10-40-19-28(33)29-20-41-11-5-34(29)45/h2-22,36H,1H3. The number of hydrogen-bond donors (Lipinski definition) is 0. The van der Waals surface area contributed by atoms with Crippen molar-refractivity contribution in [2.45, 2.75) is 18.4 Å². The van der Waals surface area contributed by atoms with E-state index in [1.807, 2.05) is 68.2 Å². The molecular weight excluding hydrogens is 570 g/mol. The lowest BCUT2D eigenvalue weighted by Gasteiger charge is -2.34. The SMILES string of the molecule is CC12C=NC=CC1N(c1cc(-n3c4ccncc4c4cnccc43)cc(-n3c4ccncc4c4cnccc43)c1)c1ccncc12. The summed E-state index contributed by atoms with van der Waals surface area (Å²) < 4.78 is 4.64. The summed E-state index contributed by atoms with van der Waals surface area (Å²) >= 11 is 0. The Bertz CT molecular complexity index is 2360. The summed E-state index contributed by atoms with van der Waals surface area (Å²) in [4.78, 5) is 29.4. The first kappa shape index (κ1) is 25.1. The van der Waals surface area contributed by atoms with Gasteiger partial charge in [0, 0.05) is 113 Å². The maximum atomic E-state index is 4.58. The summed E-state index contributed by atoms with van der Waals surface area (Å²) in [6.45, 7) is 2.25. The van der Waals surface area contributed by atoms with Crippen LogP contribution >= 0.6 is 0 Å². The molecule has 2 unspecified atom stereocenters. The van der Waals surface area contributed by atoms with Crippen molar-refractivity contribution in [3.63, 3.8) is 0 Å². The fourth-order valence-electron chi connectivity index (χ4n) is 7.60. The van der Waals surface area contributed by atoms with Crippen LogP contribution in [0.2, 0.25) is 0 Å². The molecule has 7 aromatic heterocycles. The number of aromatic nitrogens is 7. The molecule has 10 rings (SSSR count). The third-order valence-electron chi connectivity index (χ3n) is 9.65. The van der Waals surface area contributed by atoms with Gasteiger partial charge in [-0.1, -0.05) is 0 Å². The average Bonchev–Trinajstić information content (AvgIpc) is 3.72. The molecule has 0 fully saturated rings. The van der Waals surface area contributed by atoms with Gasteiger partial charge in [-0.3, -0.25) is 29.9 Å². The van der Waals surface area contributed by atoms with E-state index in [0.717, 1.165) is 71.9 Å². The highest BCUT2D eigenvalue weighted by molar-refractivity contribution is 6.10. The number of aliphatic imine (C=N–C) groups is 1.